The van der Waals surface area contributed by atoms with Crippen LogP contribution >= 0.6 is 0 Å². The van der Waals surface area contributed by atoms with Crippen molar-refractivity contribution in [2.75, 3.05) is 20.3 Å². The van der Waals surface area contributed by atoms with E-state index in [1.54, 1.807) is 7.11 Å². The van der Waals surface area contributed by atoms with Crippen LogP contribution in [0.4, 0.5) is 0 Å². The molecule has 2 aromatic carbocycles. The Bertz CT molecular complexity index is 931. The Morgan fingerprint density at radius 3 is 2.89 bits per heavy atom. The van der Waals surface area contributed by atoms with E-state index in [9.17, 15) is 4.79 Å². The number of benzene rings is 2. The van der Waals surface area contributed by atoms with Crippen molar-refractivity contribution >= 4 is 16.8 Å². The molecule has 0 saturated carbocycles. The molecule has 1 amide bonds. The number of para-hydroxylation sites is 2. The van der Waals surface area contributed by atoms with Crippen molar-refractivity contribution in [2.45, 2.75) is 25.5 Å². The van der Waals surface area contributed by atoms with Gasteiger partial charge in [0.25, 0.3) is 5.91 Å². The van der Waals surface area contributed by atoms with E-state index in [0.29, 0.717) is 18.8 Å². The number of nitrogens with zero attached hydrogens (tertiary/aromatic N) is 2. The molecule has 0 aliphatic carbocycles. The Balaban J connectivity index is 1.65. The summed E-state index contributed by atoms with van der Waals surface area (Å²) < 4.78 is 11.2. The predicted molar refractivity (Wildman–Crippen MR) is 103 cm³/mol. The minimum atomic E-state index is -0.103. The van der Waals surface area contributed by atoms with Gasteiger partial charge in [0.2, 0.25) is 0 Å². The van der Waals surface area contributed by atoms with Crippen molar-refractivity contribution in [1.82, 2.24) is 15.1 Å². The Morgan fingerprint density at radius 2 is 2.07 bits per heavy atom. The first-order valence-corrected chi connectivity index (χ1v) is 9.22. The zero-order valence-corrected chi connectivity index (χ0v) is 15.4. The second kappa shape index (κ2) is 7.80. The fraction of sp³-hybridized carbons (Fsp3) is 0.333. The highest BCUT2D eigenvalue weighted by atomic mass is 16.5. The number of amides is 1. The molecule has 1 aliphatic heterocycles. The maximum Gasteiger partial charge on any atom is 0.275 e. The average molecular weight is 365 g/mol. The lowest BCUT2D eigenvalue weighted by Gasteiger charge is -2.25. The highest BCUT2D eigenvalue weighted by Crippen LogP contribution is 2.24. The molecule has 2 heterocycles. The molecule has 27 heavy (non-hydrogen) atoms. The Labute approximate surface area is 158 Å². The summed E-state index contributed by atoms with van der Waals surface area (Å²) in [5.41, 5.74) is 2.26. The third-order valence-electron chi connectivity index (χ3n) is 4.96. The molecule has 140 valence electrons. The Hall–Kier alpha value is -2.86. The van der Waals surface area contributed by atoms with Crippen molar-refractivity contribution in [1.29, 1.82) is 0 Å². The first-order valence-electron chi connectivity index (χ1n) is 9.22. The summed E-state index contributed by atoms with van der Waals surface area (Å²) >= 11 is 0. The van der Waals surface area contributed by atoms with Crippen molar-refractivity contribution in [3.63, 3.8) is 0 Å². The maximum atomic E-state index is 13.4. The topological polar surface area (TPSA) is 67.5 Å². The molecule has 0 bridgehead atoms. The fourth-order valence-electron chi connectivity index (χ4n) is 3.57. The third kappa shape index (κ3) is 3.66. The van der Waals surface area contributed by atoms with Gasteiger partial charge in [-0.3, -0.25) is 9.89 Å². The Morgan fingerprint density at radius 1 is 1.26 bits per heavy atom. The fourth-order valence-corrected chi connectivity index (χ4v) is 3.57. The van der Waals surface area contributed by atoms with Crippen LogP contribution in [0.5, 0.6) is 5.75 Å². The number of fused-ring (bicyclic) bond motifs is 1. The van der Waals surface area contributed by atoms with Crippen LogP contribution in [0, 0.1) is 0 Å². The lowest BCUT2D eigenvalue weighted by molar-refractivity contribution is 0.0502. The monoisotopic (exact) mass is 365 g/mol. The number of rotatable bonds is 6. The van der Waals surface area contributed by atoms with E-state index >= 15 is 0 Å². The van der Waals surface area contributed by atoms with E-state index in [2.05, 4.69) is 10.2 Å². The van der Waals surface area contributed by atoms with Gasteiger partial charge >= 0.3 is 0 Å². The molecule has 1 saturated heterocycles. The third-order valence-corrected chi connectivity index (χ3v) is 4.96. The number of carbonyl (C=O) groups excluding carboxylic acids is 1. The summed E-state index contributed by atoms with van der Waals surface area (Å²) in [7, 11) is 1.65. The van der Waals surface area contributed by atoms with E-state index in [1.807, 2.05) is 53.4 Å². The average Bonchev–Trinajstić information content (AvgIpc) is 3.37. The first-order chi connectivity index (χ1) is 13.3. The lowest BCUT2D eigenvalue weighted by atomic mass is 10.1. The number of nitrogens with one attached hydrogen (secondary N) is 1. The second-order valence-electron chi connectivity index (χ2n) is 6.75. The number of H-pyrrole nitrogens is 1. The molecule has 0 spiro atoms. The smallest absolute Gasteiger partial charge is 0.275 e. The summed E-state index contributed by atoms with van der Waals surface area (Å²) in [6.45, 7) is 1.74. The number of hydrogen-bond donors (Lipinski definition) is 1. The van der Waals surface area contributed by atoms with Crippen LogP contribution in [0.1, 0.15) is 28.9 Å². The lowest BCUT2D eigenvalue weighted by Crippen LogP contribution is -2.37. The van der Waals surface area contributed by atoms with Gasteiger partial charge < -0.3 is 14.4 Å². The molecular formula is C21H23N3O3. The maximum absolute atomic E-state index is 13.4. The van der Waals surface area contributed by atoms with Crippen molar-refractivity contribution in [2.24, 2.45) is 0 Å². The molecule has 6 nitrogen and oxygen atoms in total. The number of methoxy groups -OCH3 is 1. The number of ether oxygens (including phenoxy) is 2. The van der Waals surface area contributed by atoms with Crippen molar-refractivity contribution < 1.29 is 14.3 Å². The van der Waals surface area contributed by atoms with Crippen LogP contribution in [-0.4, -0.2) is 47.4 Å². The number of carbonyl (C=O) groups is 1. The van der Waals surface area contributed by atoms with Gasteiger partial charge in [-0.15, -0.1) is 0 Å². The van der Waals surface area contributed by atoms with Gasteiger partial charge in [0.1, 0.15) is 5.75 Å². The minimum Gasteiger partial charge on any atom is -0.496 e. The highest BCUT2D eigenvalue weighted by molar-refractivity contribution is 6.04. The van der Waals surface area contributed by atoms with E-state index in [0.717, 1.165) is 41.7 Å². The largest absolute Gasteiger partial charge is 0.496 e. The summed E-state index contributed by atoms with van der Waals surface area (Å²) in [5, 5.41) is 8.07. The summed E-state index contributed by atoms with van der Waals surface area (Å²) in [6, 6.07) is 15.5. The Kier molecular flexibility index (Phi) is 5.07. The number of aromatic nitrogens is 2. The molecule has 1 unspecified atom stereocenters. The van der Waals surface area contributed by atoms with Crippen LogP contribution in [0.25, 0.3) is 10.9 Å². The highest BCUT2D eigenvalue weighted by Gasteiger charge is 2.26. The van der Waals surface area contributed by atoms with Crippen LogP contribution in [0.3, 0.4) is 0 Å². The molecule has 3 aromatic rings. The zero-order valence-electron chi connectivity index (χ0n) is 15.4. The van der Waals surface area contributed by atoms with E-state index in [-0.39, 0.29) is 12.0 Å². The van der Waals surface area contributed by atoms with Crippen LogP contribution in [0.2, 0.25) is 0 Å². The van der Waals surface area contributed by atoms with Crippen molar-refractivity contribution in [3.8, 4) is 5.75 Å². The summed E-state index contributed by atoms with van der Waals surface area (Å²) in [5.74, 6) is 0.670. The van der Waals surface area contributed by atoms with Crippen LogP contribution in [-0.2, 0) is 11.3 Å². The van der Waals surface area contributed by atoms with Gasteiger partial charge in [0, 0.05) is 30.6 Å². The molecule has 1 atom stereocenters. The quantitative estimate of drug-likeness (QED) is 0.727. The number of aromatic amines is 1. The van der Waals surface area contributed by atoms with Gasteiger partial charge in [-0.05, 0) is 25.0 Å². The van der Waals surface area contributed by atoms with Gasteiger partial charge in [-0.1, -0.05) is 36.4 Å². The summed E-state index contributed by atoms with van der Waals surface area (Å²) in [4.78, 5) is 15.2. The number of hydrogen-bond acceptors (Lipinski definition) is 4. The zero-order chi connectivity index (χ0) is 18.6. The van der Waals surface area contributed by atoms with E-state index in [1.165, 1.54) is 0 Å². The molecule has 6 heteroatoms. The van der Waals surface area contributed by atoms with Gasteiger partial charge in [-0.25, -0.2) is 0 Å². The molecule has 4 rings (SSSR count). The van der Waals surface area contributed by atoms with Gasteiger partial charge in [0.15, 0.2) is 5.69 Å². The molecular weight excluding hydrogens is 342 g/mol. The van der Waals surface area contributed by atoms with Crippen molar-refractivity contribution in [3.05, 3.63) is 59.8 Å². The molecule has 1 aromatic heterocycles. The summed E-state index contributed by atoms with van der Waals surface area (Å²) in [6.07, 6.45) is 2.07. The van der Waals surface area contributed by atoms with Gasteiger partial charge in [-0.2, -0.15) is 5.10 Å². The van der Waals surface area contributed by atoms with Gasteiger partial charge in [0.05, 0.1) is 18.7 Å². The van der Waals surface area contributed by atoms with Crippen LogP contribution in [0.15, 0.2) is 48.5 Å². The first kappa shape index (κ1) is 17.5. The van der Waals surface area contributed by atoms with E-state index in [4.69, 9.17) is 9.47 Å². The van der Waals surface area contributed by atoms with E-state index < -0.39 is 0 Å². The molecule has 0 radical (unpaired) electrons. The minimum absolute atomic E-state index is 0.0638. The normalized spacial score (nSPS) is 16.6. The SMILES string of the molecule is COc1ccccc1CN(CC1CCCO1)C(=O)c1n[nH]c2ccccc12. The standard InChI is InChI=1S/C21H23N3O3/c1-26-19-11-5-2-7-15(19)13-24(14-16-8-6-12-27-16)21(25)20-17-9-3-4-10-18(17)22-23-20/h2-5,7,9-11,16H,6,8,12-14H2,1H3,(H,22,23). The predicted octanol–water partition coefficient (Wildman–Crippen LogP) is 3.39. The second-order valence-corrected chi connectivity index (χ2v) is 6.75. The van der Waals surface area contributed by atoms with Crippen LogP contribution < -0.4 is 4.74 Å². The molecule has 1 fully saturated rings. The molecule has 1 N–H and O–H groups in total. The molecule has 1 aliphatic rings.